The van der Waals surface area contributed by atoms with E-state index in [2.05, 4.69) is 5.32 Å². The fourth-order valence-corrected chi connectivity index (χ4v) is 3.63. The molecule has 2 rings (SSSR count). The van der Waals surface area contributed by atoms with Crippen molar-refractivity contribution in [2.45, 2.75) is 71.6 Å². The number of ether oxygens (including phenoxy) is 1. The first-order valence-corrected chi connectivity index (χ1v) is 10.0. The van der Waals surface area contributed by atoms with Crippen LogP contribution in [-0.2, 0) is 11.3 Å². The molecule has 0 spiro atoms. The van der Waals surface area contributed by atoms with Crippen molar-refractivity contribution >= 4 is 23.1 Å². The molecule has 0 radical (unpaired) electrons. The molecule has 0 bridgehead atoms. The molecule has 1 N–H and O–H groups in total. The van der Waals surface area contributed by atoms with Crippen LogP contribution in [0.3, 0.4) is 0 Å². The SMILES string of the molecule is Cc1ccc(CN(C(=O)Cl)C2CCC(CNC(=O)OC(C)(C)C)CC2)cc1. The van der Waals surface area contributed by atoms with Crippen LogP contribution >= 0.6 is 11.6 Å². The van der Waals surface area contributed by atoms with Crippen LogP contribution < -0.4 is 5.32 Å². The molecular weight excluding hydrogens is 364 g/mol. The number of aryl methyl sites for hydroxylation is 1. The molecule has 150 valence electrons. The number of benzene rings is 1. The van der Waals surface area contributed by atoms with Gasteiger partial charge in [-0.25, -0.2) is 4.79 Å². The summed E-state index contributed by atoms with van der Waals surface area (Å²) in [4.78, 5) is 25.5. The molecule has 0 aliphatic heterocycles. The molecule has 0 saturated heterocycles. The molecule has 6 heteroatoms. The number of rotatable bonds is 5. The van der Waals surface area contributed by atoms with E-state index in [1.807, 2.05) is 52.0 Å². The van der Waals surface area contributed by atoms with Crippen molar-refractivity contribution < 1.29 is 14.3 Å². The fourth-order valence-electron chi connectivity index (χ4n) is 3.43. The number of hydrogen-bond donors (Lipinski definition) is 1. The second-order valence-corrected chi connectivity index (χ2v) is 8.75. The first-order valence-electron chi connectivity index (χ1n) is 9.62. The van der Waals surface area contributed by atoms with Crippen LogP contribution in [-0.4, -0.2) is 34.5 Å². The van der Waals surface area contributed by atoms with Gasteiger partial charge in [0.2, 0.25) is 0 Å². The summed E-state index contributed by atoms with van der Waals surface area (Å²) >= 11 is 5.87. The Labute approximate surface area is 167 Å². The van der Waals surface area contributed by atoms with Gasteiger partial charge in [0.1, 0.15) is 5.60 Å². The molecule has 1 aromatic carbocycles. The molecule has 27 heavy (non-hydrogen) atoms. The van der Waals surface area contributed by atoms with Crippen molar-refractivity contribution in [1.29, 1.82) is 0 Å². The Bertz CT molecular complexity index is 632. The number of halogens is 1. The Kier molecular flexibility index (Phi) is 7.54. The number of alkyl carbamates (subject to hydrolysis) is 1. The van der Waals surface area contributed by atoms with E-state index in [-0.39, 0.29) is 12.1 Å². The van der Waals surface area contributed by atoms with Crippen molar-refractivity contribution in [3.05, 3.63) is 35.4 Å². The fraction of sp³-hybridized carbons (Fsp3) is 0.619. The highest BCUT2D eigenvalue weighted by Gasteiger charge is 2.28. The largest absolute Gasteiger partial charge is 0.444 e. The maximum Gasteiger partial charge on any atom is 0.407 e. The topological polar surface area (TPSA) is 58.6 Å². The van der Waals surface area contributed by atoms with Crippen LogP contribution in [0.1, 0.15) is 57.6 Å². The van der Waals surface area contributed by atoms with E-state index in [4.69, 9.17) is 16.3 Å². The number of nitrogens with one attached hydrogen (secondary N) is 1. The summed E-state index contributed by atoms with van der Waals surface area (Å²) in [6.45, 7) is 8.74. The summed E-state index contributed by atoms with van der Waals surface area (Å²) < 4.78 is 5.27. The lowest BCUT2D eigenvalue weighted by Gasteiger charge is -2.36. The molecule has 0 aromatic heterocycles. The second-order valence-electron chi connectivity index (χ2n) is 8.42. The quantitative estimate of drug-likeness (QED) is 0.548. The minimum absolute atomic E-state index is 0.147. The average molecular weight is 395 g/mol. The summed E-state index contributed by atoms with van der Waals surface area (Å²) in [5.74, 6) is 0.403. The van der Waals surface area contributed by atoms with Gasteiger partial charge in [0.15, 0.2) is 0 Å². The molecule has 2 amide bonds. The molecule has 1 aromatic rings. The van der Waals surface area contributed by atoms with E-state index in [0.717, 1.165) is 31.2 Å². The van der Waals surface area contributed by atoms with Crippen molar-refractivity contribution in [1.82, 2.24) is 10.2 Å². The van der Waals surface area contributed by atoms with Crippen molar-refractivity contribution in [2.24, 2.45) is 5.92 Å². The van der Waals surface area contributed by atoms with Gasteiger partial charge >= 0.3 is 11.5 Å². The summed E-state index contributed by atoms with van der Waals surface area (Å²) in [7, 11) is 0. The monoisotopic (exact) mass is 394 g/mol. The average Bonchev–Trinajstić information content (AvgIpc) is 2.58. The minimum atomic E-state index is -0.487. The van der Waals surface area contributed by atoms with E-state index in [1.54, 1.807) is 4.90 Å². The Balaban J connectivity index is 1.82. The lowest BCUT2D eigenvalue weighted by Crippen LogP contribution is -2.41. The minimum Gasteiger partial charge on any atom is -0.444 e. The van der Waals surface area contributed by atoms with Crippen molar-refractivity contribution in [2.75, 3.05) is 6.54 Å². The maximum absolute atomic E-state index is 12.0. The second kappa shape index (κ2) is 9.45. The van der Waals surface area contributed by atoms with Crippen LogP contribution in [0.15, 0.2) is 24.3 Å². The third-order valence-electron chi connectivity index (χ3n) is 4.89. The van der Waals surface area contributed by atoms with E-state index >= 15 is 0 Å². The van der Waals surface area contributed by atoms with Gasteiger partial charge in [0, 0.05) is 19.1 Å². The number of amides is 2. The Morgan fingerprint density at radius 1 is 1.15 bits per heavy atom. The van der Waals surface area contributed by atoms with Gasteiger partial charge in [-0.1, -0.05) is 29.8 Å². The molecule has 5 nitrogen and oxygen atoms in total. The summed E-state index contributed by atoms with van der Waals surface area (Å²) in [5.41, 5.74) is 1.79. The standard InChI is InChI=1S/C21H31ClN2O3/c1-15-5-7-17(8-6-15)14-24(19(22)25)18-11-9-16(10-12-18)13-23-20(26)27-21(2,3)4/h5-8,16,18H,9-14H2,1-4H3,(H,23,26). The highest BCUT2D eigenvalue weighted by atomic mass is 35.5. The predicted molar refractivity (Wildman–Crippen MR) is 108 cm³/mol. The summed E-state index contributed by atoms with van der Waals surface area (Å²) in [6.07, 6.45) is 3.32. The van der Waals surface area contributed by atoms with Gasteiger partial charge in [-0.2, -0.15) is 0 Å². The first kappa shape index (κ1) is 21.5. The molecule has 0 heterocycles. The van der Waals surface area contributed by atoms with E-state index in [1.165, 1.54) is 5.56 Å². The Morgan fingerprint density at radius 3 is 2.26 bits per heavy atom. The van der Waals surface area contributed by atoms with Crippen molar-refractivity contribution in [3.63, 3.8) is 0 Å². The van der Waals surface area contributed by atoms with Gasteiger partial charge in [0.05, 0.1) is 0 Å². The zero-order chi connectivity index (χ0) is 20.0. The maximum atomic E-state index is 12.0. The highest BCUT2D eigenvalue weighted by molar-refractivity contribution is 6.62. The van der Waals surface area contributed by atoms with Crippen LogP contribution in [0.4, 0.5) is 9.59 Å². The molecule has 0 atom stereocenters. The summed E-state index contributed by atoms with van der Waals surface area (Å²) in [6, 6.07) is 8.32. The molecule has 1 saturated carbocycles. The van der Waals surface area contributed by atoms with E-state index in [9.17, 15) is 9.59 Å². The van der Waals surface area contributed by atoms with Gasteiger partial charge < -0.3 is 15.0 Å². The molecular formula is C21H31ClN2O3. The normalized spacial score (nSPS) is 20.0. The number of carbonyl (C=O) groups excluding carboxylic acids is 2. The number of hydrogen-bond acceptors (Lipinski definition) is 3. The van der Waals surface area contributed by atoms with Crippen LogP contribution in [0.25, 0.3) is 0 Å². The van der Waals surface area contributed by atoms with Crippen molar-refractivity contribution in [3.8, 4) is 0 Å². The third-order valence-corrected chi connectivity index (χ3v) is 5.11. The molecule has 1 aliphatic rings. The Hall–Kier alpha value is -1.75. The predicted octanol–water partition coefficient (Wildman–Crippen LogP) is 5.24. The van der Waals surface area contributed by atoms with Crippen LogP contribution in [0.5, 0.6) is 0 Å². The molecule has 1 fully saturated rings. The Morgan fingerprint density at radius 2 is 1.74 bits per heavy atom. The van der Waals surface area contributed by atoms with Crippen LogP contribution in [0, 0.1) is 12.8 Å². The number of nitrogens with zero attached hydrogens (tertiary/aromatic N) is 1. The molecule has 0 unspecified atom stereocenters. The smallest absolute Gasteiger partial charge is 0.407 e. The zero-order valence-corrected chi connectivity index (χ0v) is 17.5. The van der Waals surface area contributed by atoms with E-state index in [0.29, 0.717) is 19.0 Å². The number of carbonyl (C=O) groups is 2. The van der Waals surface area contributed by atoms with Gasteiger partial charge in [0.25, 0.3) is 0 Å². The van der Waals surface area contributed by atoms with Crippen LogP contribution in [0.2, 0.25) is 0 Å². The highest BCUT2D eigenvalue weighted by Crippen LogP contribution is 2.29. The molecule has 1 aliphatic carbocycles. The lowest BCUT2D eigenvalue weighted by atomic mass is 9.85. The van der Waals surface area contributed by atoms with Gasteiger partial charge in [-0.3, -0.25) is 4.79 Å². The third kappa shape index (κ3) is 7.41. The van der Waals surface area contributed by atoms with Gasteiger partial charge in [-0.15, -0.1) is 0 Å². The lowest BCUT2D eigenvalue weighted by molar-refractivity contribution is 0.0512. The van der Waals surface area contributed by atoms with E-state index < -0.39 is 11.0 Å². The zero-order valence-electron chi connectivity index (χ0n) is 16.8. The first-order chi connectivity index (χ1) is 12.6. The summed E-state index contributed by atoms with van der Waals surface area (Å²) in [5, 5.41) is 2.46. The van der Waals surface area contributed by atoms with Gasteiger partial charge in [-0.05, 0) is 76.5 Å².